The summed E-state index contributed by atoms with van der Waals surface area (Å²) in [6.45, 7) is 0.407. The van der Waals surface area contributed by atoms with E-state index in [0.717, 1.165) is 0 Å². The lowest BCUT2D eigenvalue weighted by Crippen LogP contribution is -2.29. The minimum atomic E-state index is -0.333. The van der Waals surface area contributed by atoms with Gasteiger partial charge in [0.15, 0.2) is 6.61 Å². The first-order valence-corrected chi connectivity index (χ1v) is 6.30. The Kier molecular flexibility index (Phi) is 6.62. The van der Waals surface area contributed by atoms with Gasteiger partial charge in [-0.25, -0.2) is 0 Å². The van der Waals surface area contributed by atoms with Crippen LogP contribution in [0.3, 0.4) is 0 Å². The van der Waals surface area contributed by atoms with Crippen molar-refractivity contribution in [2.24, 2.45) is 5.73 Å². The zero-order valence-corrected chi connectivity index (χ0v) is 11.1. The second-order valence-electron chi connectivity index (χ2n) is 4.20. The highest BCUT2D eigenvalue weighted by molar-refractivity contribution is 5.77. The first kappa shape index (κ1) is 15.5. The van der Waals surface area contributed by atoms with E-state index in [4.69, 9.17) is 15.7 Å². The summed E-state index contributed by atoms with van der Waals surface area (Å²) in [4.78, 5) is 22.0. The summed E-state index contributed by atoms with van der Waals surface area (Å²) < 4.78 is 5.27. The molecule has 0 aliphatic carbocycles. The summed E-state index contributed by atoms with van der Waals surface area (Å²) >= 11 is 0. The largest absolute Gasteiger partial charge is 0.484 e. The SMILES string of the molecule is N#Cc1ccc(OCC(=O)NCCCCC(N)=O)cc1. The number of nitriles is 1. The molecule has 0 spiro atoms. The molecule has 6 nitrogen and oxygen atoms in total. The van der Waals surface area contributed by atoms with E-state index in [1.54, 1.807) is 24.3 Å². The number of benzene rings is 1. The zero-order valence-electron chi connectivity index (χ0n) is 11.1. The van der Waals surface area contributed by atoms with Crippen LogP contribution in [-0.2, 0) is 9.59 Å². The van der Waals surface area contributed by atoms with E-state index >= 15 is 0 Å². The number of primary amides is 1. The molecule has 1 rings (SSSR count). The van der Waals surface area contributed by atoms with Crippen LogP contribution in [0, 0.1) is 11.3 Å². The molecule has 0 fully saturated rings. The Morgan fingerprint density at radius 2 is 1.95 bits per heavy atom. The maximum Gasteiger partial charge on any atom is 0.257 e. The van der Waals surface area contributed by atoms with Crippen molar-refractivity contribution in [3.8, 4) is 11.8 Å². The number of rotatable bonds is 8. The van der Waals surface area contributed by atoms with Crippen LogP contribution in [0.1, 0.15) is 24.8 Å². The fourth-order valence-corrected chi connectivity index (χ4v) is 1.48. The predicted molar refractivity (Wildman–Crippen MR) is 72.7 cm³/mol. The molecule has 0 atom stereocenters. The molecular weight excluding hydrogens is 258 g/mol. The van der Waals surface area contributed by atoms with Crippen molar-refractivity contribution in [1.29, 1.82) is 5.26 Å². The van der Waals surface area contributed by atoms with Gasteiger partial charge in [-0.15, -0.1) is 0 Å². The molecule has 0 bridgehead atoms. The third-order valence-electron chi connectivity index (χ3n) is 2.53. The van der Waals surface area contributed by atoms with Gasteiger partial charge >= 0.3 is 0 Å². The fourth-order valence-electron chi connectivity index (χ4n) is 1.48. The molecule has 1 aromatic rings. The van der Waals surface area contributed by atoms with E-state index in [1.165, 1.54) is 0 Å². The number of unbranched alkanes of at least 4 members (excludes halogenated alkanes) is 1. The van der Waals surface area contributed by atoms with E-state index in [-0.39, 0.29) is 18.4 Å². The van der Waals surface area contributed by atoms with Crippen LogP contribution in [-0.4, -0.2) is 25.0 Å². The van der Waals surface area contributed by atoms with Crippen LogP contribution in [0.25, 0.3) is 0 Å². The standard InChI is InChI=1S/C14H17N3O3/c15-9-11-4-6-12(7-5-11)20-10-14(19)17-8-2-1-3-13(16)18/h4-7H,1-3,8,10H2,(H2,16,18)(H,17,19). The van der Waals surface area contributed by atoms with Gasteiger partial charge in [-0.2, -0.15) is 5.26 Å². The van der Waals surface area contributed by atoms with Gasteiger partial charge in [0.05, 0.1) is 11.6 Å². The Morgan fingerprint density at radius 1 is 1.25 bits per heavy atom. The van der Waals surface area contributed by atoms with E-state index in [9.17, 15) is 9.59 Å². The lowest BCUT2D eigenvalue weighted by Gasteiger charge is -2.07. The molecule has 3 N–H and O–H groups in total. The van der Waals surface area contributed by atoms with E-state index in [0.29, 0.717) is 37.1 Å². The number of amides is 2. The number of hydrogen-bond acceptors (Lipinski definition) is 4. The molecule has 0 radical (unpaired) electrons. The molecule has 0 saturated carbocycles. The molecule has 6 heteroatoms. The number of carbonyl (C=O) groups excluding carboxylic acids is 2. The first-order chi connectivity index (χ1) is 9.61. The summed E-state index contributed by atoms with van der Waals surface area (Å²) in [6, 6.07) is 8.52. The van der Waals surface area contributed by atoms with Gasteiger partial charge in [-0.05, 0) is 37.1 Å². The predicted octanol–water partition coefficient (Wildman–Crippen LogP) is 0.709. The fraction of sp³-hybridized carbons (Fsp3) is 0.357. The summed E-state index contributed by atoms with van der Waals surface area (Å²) in [5.41, 5.74) is 5.54. The summed E-state index contributed by atoms with van der Waals surface area (Å²) in [7, 11) is 0. The van der Waals surface area contributed by atoms with Crippen LogP contribution in [0.4, 0.5) is 0 Å². The number of nitrogens with one attached hydrogen (secondary N) is 1. The van der Waals surface area contributed by atoms with Gasteiger partial charge in [-0.3, -0.25) is 9.59 Å². The monoisotopic (exact) mass is 275 g/mol. The second kappa shape index (κ2) is 8.53. The highest BCUT2D eigenvalue weighted by Crippen LogP contribution is 2.11. The Balaban J connectivity index is 2.16. The van der Waals surface area contributed by atoms with Gasteiger partial charge in [0.2, 0.25) is 5.91 Å². The van der Waals surface area contributed by atoms with Gasteiger partial charge in [0.1, 0.15) is 5.75 Å². The van der Waals surface area contributed by atoms with Crippen molar-refractivity contribution in [3.05, 3.63) is 29.8 Å². The lowest BCUT2D eigenvalue weighted by atomic mass is 10.2. The van der Waals surface area contributed by atoms with Crippen molar-refractivity contribution in [2.45, 2.75) is 19.3 Å². The minimum Gasteiger partial charge on any atom is -0.484 e. The average Bonchev–Trinajstić information content (AvgIpc) is 2.45. The van der Waals surface area contributed by atoms with Crippen LogP contribution >= 0.6 is 0 Å². The molecule has 0 aliphatic heterocycles. The lowest BCUT2D eigenvalue weighted by molar-refractivity contribution is -0.123. The van der Waals surface area contributed by atoms with Gasteiger partial charge < -0.3 is 15.8 Å². The molecule has 0 heterocycles. The Morgan fingerprint density at radius 3 is 2.55 bits per heavy atom. The summed E-state index contributed by atoms with van der Waals surface area (Å²) in [5.74, 6) is -0.0261. The zero-order chi connectivity index (χ0) is 14.8. The summed E-state index contributed by atoms with van der Waals surface area (Å²) in [6.07, 6.45) is 1.69. The smallest absolute Gasteiger partial charge is 0.257 e. The van der Waals surface area contributed by atoms with Crippen LogP contribution in [0.5, 0.6) is 5.75 Å². The number of nitrogens with zero attached hydrogens (tertiary/aromatic N) is 1. The minimum absolute atomic E-state index is 0.0816. The number of nitrogens with two attached hydrogens (primary N) is 1. The van der Waals surface area contributed by atoms with Crippen LogP contribution in [0.15, 0.2) is 24.3 Å². The highest BCUT2D eigenvalue weighted by Gasteiger charge is 2.02. The third kappa shape index (κ3) is 6.40. The van der Waals surface area contributed by atoms with Crippen molar-refractivity contribution in [3.63, 3.8) is 0 Å². The molecule has 0 unspecified atom stereocenters. The molecule has 106 valence electrons. The highest BCUT2D eigenvalue weighted by atomic mass is 16.5. The first-order valence-electron chi connectivity index (χ1n) is 6.30. The molecule has 2 amide bonds. The molecule has 20 heavy (non-hydrogen) atoms. The quantitative estimate of drug-likeness (QED) is 0.681. The molecule has 0 saturated heterocycles. The van der Waals surface area contributed by atoms with Gasteiger partial charge in [-0.1, -0.05) is 0 Å². The Hall–Kier alpha value is -2.55. The van der Waals surface area contributed by atoms with Crippen LogP contribution in [0.2, 0.25) is 0 Å². The van der Waals surface area contributed by atoms with Crippen molar-refractivity contribution < 1.29 is 14.3 Å². The van der Waals surface area contributed by atoms with Crippen molar-refractivity contribution in [1.82, 2.24) is 5.32 Å². The molecule has 0 aliphatic rings. The Labute approximate surface area is 117 Å². The van der Waals surface area contributed by atoms with Gasteiger partial charge in [0, 0.05) is 13.0 Å². The molecular formula is C14H17N3O3. The van der Waals surface area contributed by atoms with Crippen molar-refractivity contribution >= 4 is 11.8 Å². The number of carbonyl (C=O) groups is 2. The van der Waals surface area contributed by atoms with E-state index in [2.05, 4.69) is 5.32 Å². The number of ether oxygens (including phenoxy) is 1. The number of hydrogen-bond donors (Lipinski definition) is 2. The van der Waals surface area contributed by atoms with Crippen molar-refractivity contribution in [2.75, 3.05) is 13.2 Å². The Bertz CT molecular complexity index is 491. The maximum absolute atomic E-state index is 11.5. The summed E-state index contributed by atoms with van der Waals surface area (Å²) in [5, 5.41) is 11.3. The average molecular weight is 275 g/mol. The van der Waals surface area contributed by atoms with Crippen LogP contribution < -0.4 is 15.8 Å². The topological polar surface area (TPSA) is 105 Å². The third-order valence-corrected chi connectivity index (χ3v) is 2.53. The van der Waals surface area contributed by atoms with Gasteiger partial charge in [0.25, 0.3) is 5.91 Å². The normalized spacial score (nSPS) is 9.55. The molecule has 0 aromatic heterocycles. The molecule has 1 aromatic carbocycles. The van der Waals surface area contributed by atoms with E-state index in [1.807, 2.05) is 6.07 Å². The second-order valence-corrected chi connectivity index (χ2v) is 4.20. The maximum atomic E-state index is 11.5. The van der Waals surface area contributed by atoms with E-state index < -0.39 is 0 Å².